The van der Waals surface area contributed by atoms with Crippen molar-refractivity contribution in [2.75, 3.05) is 26.2 Å². The second-order valence-corrected chi connectivity index (χ2v) is 8.03. The molecule has 2 aliphatic rings. The highest BCUT2D eigenvalue weighted by atomic mass is 16.2. The van der Waals surface area contributed by atoms with Crippen LogP contribution in [0.5, 0.6) is 0 Å². The van der Waals surface area contributed by atoms with Crippen LogP contribution < -0.4 is 5.73 Å². The highest BCUT2D eigenvalue weighted by Crippen LogP contribution is 2.22. The molecule has 0 aliphatic carbocycles. The molecule has 1 aromatic heterocycles. The predicted octanol–water partition coefficient (Wildman–Crippen LogP) is 2.49. The Balaban J connectivity index is 1.28. The summed E-state index contributed by atoms with van der Waals surface area (Å²) in [5.74, 6) is -0.337. The van der Waals surface area contributed by atoms with Crippen molar-refractivity contribution in [2.24, 2.45) is 5.73 Å². The summed E-state index contributed by atoms with van der Waals surface area (Å²) >= 11 is 0. The number of carbonyl (C=O) groups is 2. The van der Waals surface area contributed by atoms with Gasteiger partial charge < -0.3 is 20.5 Å². The summed E-state index contributed by atoms with van der Waals surface area (Å²) in [5.41, 5.74) is 7.66. The number of aromatic amines is 1. The lowest BCUT2D eigenvalue weighted by atomic mass is 9.99. The monoisotopic (exact) mass is 381 g/mol. The van der Waals surface area contributed by atoms with E-state index in [-0.39, 0.29) is 5.91 Å². The van der Waals surface area contributed by atoms with Gasteiger partial charge in [-0.25, -0.2) is 0 Å². The molecule has 2 saturated heterocycles. The molecule has 0 spiro atoms. The van der Waals surface area contributed by atoms with Crippen molar-refractivity contribution < 1.29 is 9.59 Å². The van der Waals surface area contributed by atoms with Crippen LogP contribution in [0.2, 0.25) is 0 Å². The average Bonchev–Trinajstić information content (AvgIpc) is 3.16. The van der Waals surface area contributed by atoms with E-state index >= 15 is 0 Å². The fraction of sp³-hybridized carbons (Fsp3) is 0.500. The van der Waals surface area contributed by atoms with E-state index in [1.165, 1.54) is 32.4 Å². The second kappa shape index (κ2) is 8.35. The highest BCUT2D eigenvalue weighted by Gasteiger charge is 2.27. The number of hydrogen-bond acceptors (Lipinski definition) is 3. The van der Waals surface area contributed by atoms with Gasteiger partial charge >= 0.3 is 0 Å². The maximum atomic E-state index is 12.6. The Bertz CT molecular complexity index is 845. The van der Waals surface area contributed by atoms with E-state index in [9.17, 15) is 9.59 Å². The molecule has 0 unspecified atom stereocenters. The van der Waals surface area contributed by atoms with Gasteiger partial charge in [0.05, 0.1) is 6.42 Å². The zero-order chi connectivity index (χ0) is 19.5. The van der Waals surface area contributed by atoms with Crippen molar-refractivity contribution in [3.05, 3.63) is 41.9 Å². The van der Waals surface area contributed by atoms with Gasteiger partial charge in [0.1, 0.15) is 5.69 Å². The number of benzene rings is 1. The number of amides is 2. The van der Waals surface area contributed by atoms with Crippen LogP contribution in [0, 0.1) is 6.42 Å². The Kier molecular flexibility index (Phi) is 5.67. The standard InChI is InChI=1S/C22H29N4O2/c23-22(28)20-15-17-14-16(4-6-19(17)24-20)5-7-21(27)26-12-8-18(9-13-26)25-10-2-1-3-11-25/h4,6-7,14-15,18,24H,1-3,5,8-13H2,(H2,23,28). The molecule has 1 radical (unpaired) electrons. The minimum atomic E-state index is -0.465. The molecule has 0 atom stereocenters. The first-order valence-corrected chi connectivity index (χ1v) is 10.4. The first kappa shape index (κ1) is 19.0. The van der Waals surface area contributed by atoms with Gasteiger partial charge in [-0.15, -0.1) is 0 Å². The van der Waals surface area contributed by atoms with Crippen molar-refractivity contribution >= 4 is 22.7 Å². The molecule has 149 valence electrons. The van der Waals surface area contributed by atoms with E-state index < -0.39 is 5.91 Å². The largest absolute Gasteiger partial charge is 0.364 e. The first-order chi connectivity index (χ1) is 13.6. The number of hydrogen-bond donors (Lipinski definition) is 2. The fourth-order valence-electron chi connectivity index (χ4n) is 4.51. The van der Waals surface area contributed by atoms with Crippen LogP contribution in [-0.4, -0.2) is 58.8 Å². The van der Waals surface area contributed by atoms with E-state index in [1.54, 1.807) is 12.5 Å². The molecule has 6 nitrogen and oxygen atoms in total. The van der Waals surface area contributed by atoms with Crippen molar-refractivity contribution in [1.29, 1.82) is 0 Å². The smallest absolute Gasteiger partial charge is 0.265 e. The van der Waals surface area contributed by atoms with E-state index in [1.807, 2.05) is 23.1 Å². The van der Waals surface area contributed by atoms with Gasteiger partial charge in [-0.3, -0.25) is 9.59 Å². The van der Waals surface area contributed by atoms with Crippen LogP contribution in [0.3, 0.4) is 0 Å². The summed E-state index contributed by atoms with van der Waals surface area (Å²) in [6.07, 6.45) is 8.55. The molecular formula is C22H29N4O2. The Morgan fingerprint density at radius 3 is 2.54 bits per heavy atom. The molecule has 4 rings (SSSR count). The number of carbonyl (C=O) groups excluding carboxylic acids is 2. The second-order valence-electron chi connectivity index (χ2n) is 8.03. The molecule has 0 saturated carbocycles. The van der Waals surface area contributed by atoms with Gasteiger partial charge in [0.15, 0.2) is 0 Å². The van der Waals surface area contributed by atoms with E-state index in [4.69, 9.17) is 5.73 Å². The third-order valence-electron chi connectivity index (χ3n) is 6.15. The molecule has 28 heavy (non-hydrogen) atoms. The molecule has 0 bridgehead atoms. The normalized spacial score (nSPS) is 19.2. The summed E-state index contributed by atoms with van der Waals surface area (Å²) in [6.45, 7) is 4.16. The molecule has 3 N–H and O–H groups in total. The van der Waals surface area contributed by atoms with Crippen LogP contribution >= 0.6 is 0 Å². The van der Waals surface area contributed by atoms with Gasteiger partial charge in [0.2, 0.25) is 5.91 Å². The number of nitrogens with zero attached hydrogens (tertiary/aromatic N) is 2. The van der Waals surface area contributed by atoms with Crippen LogP contribution in [-0.2, 0) is 11.2 Å². The molecule has 2 aliphatic heterocycles. The topological polar surface area (TPSA) is 82.4 Å². The van der Waals surface area contributed by atoms with Crippen molar-refractivity contribution in [3.8, 4) is 0 Å². The molecule has 2 aromatic rings. The van der Waals surface area contributed by atoms with E-state index in [0.29, 0.717) is 18.2 Å². The summed E-state index contributed by atoms with van der Waals surface area (Å²) in [5, 5.41) is 0.939. The third-order valence-corrected chi connectivity index (χ3v) is 6.15. The molecule has 6 heteroatoms. The molecule has 1 aromatic carbocycles. The van der Waals surface area contributed by atoms with Crippen LogP contribution in [0.15, 0.2) is 24.3 Å². The number of likely N-dealkylation sites (tertiary alicyclic amines) is 2. The number of primary amides is 1. The lowest BCUT2D eigenvalue weighted by molar-refractivity contribution is -0.129. The minimum Gasteiger partial charge on any atom is -0.364 e. The number of rotatable bonds is 5. The number of nitrogens with two attached hydrogens (primary N) is 1. The fourth-order valence-corrected chi connectivity index (χ4v) is 4.51. The number of nitrogens with one attached hydrogen (secondary N) is 1. The Morgan fingerprint density at radius 1 is 1.07 bits per heavy atom. The van der Waals surface area contributed by atoms with E-state index in [2.05, 4.69) is 9.88 Å². The Morgan fingerprint density at radius 2 is 1.82 bits per heavy atom. The van der Waals surface area contributed by atoms with Crippen molar-refractivity contribution in [1.82, 2.24) is 14.8 Å². The number of aromatic nitrogens is 1. The molecule has 2 fully saturated rings. The van der Waals surface area contributed by atoms with Gasteiger partial charge in [-0.05, 0) is 69.0 Å². The number of fused-ring (bicyclic) bond motifs is 1. The summed E-state index contributed by atoms with van der Waals surface area (Å²) in [7, 11) is 0. The first-order valence-electron chi connectivity index (χ1n) is 10.4. The molecule has 3 heterocycles. The third kappa shape index (κ3) is 4.22. The Labute approximate surface area is 166 Å². The van der Waals surface area contributed by atoms with Gasteiger partial charge in [0.25, 0.3) is 5.91 Å². The molecular weight excluding hydrogens is 352 g/mol. The Hall–Kier alpha value is -2.34. The van der Waals surface area contributed by atoms with Gasteiger partial charge in [-0.1, -0.05) is 12.5 Å². The van der Waals surface area contributed by atoms with Crippen LogP contribution in [0.25, 0.3) is 10.9 Å². The summed E-state index contributed by atoms with van der Waals surface area (Å²) < 4.78 is 0. The zero-order valence-electron chi connectivity index (χ0n) is 16.3. The maximum Gasteiger partial charge on any atom is 0.265 e. The predicted molar refractivity (Wildman–Crippen MR) is 110 cm³/mol. The zero-order valence-corrected chi connectivity index (χ0v) is 16.3. The van der Waals surface area contributed by atoms with Gasteiger partial charge in [-0.2, -0.15) is 0 Å². The van der Waals surface area contributed by atoms with Crippen LogP contribution in [0.4, 0.5) is 0 Å². The maximum absolute atomic E-state index is 12.6. The van der Waals surface area contributed by atoms with Crippen molar-refractivity contribution in [3.63, 3.8) is 0 Å². The van der Waals surface area contributed by atoms with Gasteiger partial charge in [0, 0.05) is 30.0 Å². The quantitative estimate of drug-likeness (QED) is 0.835. The number of piperidine rings is 2. The average molecular weight is 382 g/mol. The van der Waals surface area contributed by atoms with Crippen molar-refractivity contribution in [2.45, 2.75) is 44.6 Å². The lowest BCUT2D eigenvalue weighted by Gasteiger charge is -2.40. The SMILES string of the molecule is NC(=O)c1cc2cc(C[CH]C(=O)N3CCC(N4CCCCC4)CC3)ccc2[nH]1. The summed E-state index contributed by atoms with van der Waals surface area (Å²) in [6, 6.07) is 8.33. The molecule has 2 amide bonds. The van der Waals surface area contributed by atoms with E-state index in [0.717, 1.165) is 42.4 Å². The highest BCUT2D eigenvalue weighted by molar-refractivity contribution is 5.97. The lowest BCUT2D eigenvalue weighted by Crippen LogP contribution is -2.48. The summed E-state index contributed by atoms with van der Waals surface area (Å²) in [4.78, 5) is 31.5. The van der Waals surface area contributed by atoms with Crippen LogP contribution in [0.1, 0.15) is 48.2 Å². The number of H-pyrrole nitrogens is 1. The minimum absolute atomic E-state index is 0.129.